The van der Waals surface area contributed by atoms with Crippen LogP contribution in [0.15, 0.2) is 47.6 Å². The Bertz CT molecular complexity index is 574. The molecule has 0 aliphatic heterocycles. The highest BCUT2D eigenvalue weighted by atomic mass is 35.5. The number of aromatic nitrogens is 1. The Hall–Kier alpha value is -1.03. The highest BCUT2D eigenvalue weighted by Crippen LogP contribution is 2.27. The summed E-state index contributed by atoms with van der Waals surface area (Å²) in [5, 5.41) is 4.41. The molecule has 0 fully saturated rings. The maximum absolute atomic E-state index is 6.05. The summed E-state index contributed by atoms with van der Waals surface area (Å²) in [7, 11) is 0. The molecule has 0 saturated carbocycles. The Kier molecular flexibility index (Phi) is 6.55. The van der Waals surface area contributed by atoms with Crippen LogP contribution < -0.4 is 5.32 Å². The molecule has 1 unspecified atom stereocenters. The first kappa shape index (κ1) is 16.3. The Labute approximate surface area is 136 Å². The van der Waals surface area contributed by atoms with Crippen molar-refractivity contribution in [1.29, 1.82) is 0 Å². The number of halogens is 1. The van der Waals surface area contributed by atoms with Gasteiger partial charge >= 0.3 is 0 Å². The van der Waals surface area contributed by atoms with Crippen molar-refractivity contribution in [2.24, 2.45) is 0 Å². The molecule has 2 nitrogen and oxygen atoms in total. The minimum atomic E-state index is 0.308. The van der Waals surface area contributed by atoms with Gasteiger partial charge in [0.05, 0.1) is 0 Å². The van der Waals surface area contributed by atoms with Crippen LogP contribution in [-0.4, -0.2) is 17.3 Å². The van der Waals surface area contributed by atoms with Gasteiger partial charge in [-0.1, -0.05) is 24.6 Å². The van der Waals surface area contributed by atoms with E-state index in [-0.39, 0.29) is 0 Å². The van der Waals surface area contributed by atoms with Crippen LogP contribution in [0.1, 0.15) is 30.5 Å². The van der Waals surface area contributed by atoms with Crippen LogP contribution >= 0.6 is 23.4 Å². The zero-order valence-corrected chi connectivity index (χ0v) is 14.0. The van der Waals surface area contributed by atoms with Gasteiger partial charge in [0.15, 0.2) is 0 Å². The minimum absolute atomic E-state index is 0.308. The van der Waals surface area contributed by atoms with Crippen LogP contribution in [0.4, 0.5) is 0 Å². The number of nitrogens with zero attached hydrogens (tertiary/aromatic N) is 1. The molecule has 0 radical (unpaired) electrons. The van der Waals surface area contributed by atoms with Gasteiger partial charge in [-0.3, -0.25) is 4.98 Å². The number of thioether (sulfide) groups is 1. The van der Waals surface area contributed by atoms with E-state index in [0.29, 0.717) is 6.04 Å². The van der Waals surface area contributed by atoms with Crippen molar-refractivity contribution in [1.82, 2.24) is 10.3 Å². The van der Waals surface area contributed by atoms with E-state index in [9.17, 15) is 0 Å². The van der Waals surface area contributed by atoms with Gasteiger partial charge in [-0.05, 0) is 55.3 Å². The number of benzene rings is 1. The van der Waals surface area contributed by atoms with Crippen LogP contribution in [0.3, 0.4) is 0 Å². The summed E-state index contributed by atoms with van der Waals surface area (Å²) < 4.78 is 0. The largest absolute Gasteiger partial charge is 0.309 e. The summed E-state index contributed by atoms with van der Waals surface area (Å²) in [6.07, 6.45) is 4.94. The first-order valence-electron chi connectivity index (χ1n) is 7.23. The van der Waals surface area contributed by atoms with Crippen molar-refractivity contribution in [3.8, 4) is 0 Å². The first-order valence-corrected chi connectivity index (χ1v) is 8.59. The average Bonchev–Trinajstić information content (AvgIpc) is 2.48. The van der Waals surface area contributed by atoms with E-state index in [2.05, 4.69) is 36.3 Å². The van der Waals surface area contributed by atoms with Crippen LogP contribution in [-0.2, 0) is 0 Å². The highest BCUT2D eigenvalue weighted by molar-refractivity contribution is 7.99. The smallest absolute Gasteiger partial charge is 0.0433 e. The van der Waals surface area contributed by atoms with E-state index in [0.717, 1.165) is 23.7 Å². The molecule has 1 heterocycles. The number of rotatable bonds is 7. The third-order valence-corrected chi connectivity index (χ3v) is 4.63. The number of pyridine rings is 1. The third-order valence-electron chi connectivity index (χ3n) is 3.31. The predicted octanol–water partition coefficient (Wildman–Crippen LogP) is 4.88. The second-order valence-corrected chi connectivity index (χ2v) is 6.54. The lowest BCUT2D eigenvalue weighted by Gasteiger charge is -2.20. The van der Waals surface area contributed by atoms with Gasteiger partial charge in [0, 0.05) is 34.1 Å². The van der Waals surface area contributed by atoms with Crippen molar-refractivity contribution in [3.63, 3.8) is 0 Å². The first-order chi connectivity index (χ1) is 10.2. The van der Waals surface area contributed by atoms with Gasteiger partial charge < -0.3 is 5.32 Å². The molecule has 2 aromatic rings. The van der Waals surface area contributed by atoms with Gasteiger partial charge in [0.1, 0.15) is 0 Å². The van der Waals surface area contributed by atoms with E-state index < -0.39 is 0 Å². The molecule has 21 heavy (non-hydrogen) atoms. The van der Waals surface area contributed by atoms with Gasteiger partial charge in [-0.2, -0.15) is 0 Å². The zero-order chi connectivity index (χ0) is 15.1. The molecule has 2 rings (SSSR count). The third kappa shape index (κ3) is 5.03. The van der Waals surface area contributed by atoms with Crippen LogP contribution in [0.25, 0.3) is 0 Å². The van der Waals surface area contributed by atoms with E-state index in [1.807, 2.05) is 42.4 Å². The summed E-state index contributed by atoms with van der Waals surface area (Å²) >= 11 is 7.87. The molecule has 0 aliphatic carbocycles. The topological polar surface area (TPSA) is 24.9 Å². The predicted molar refractivity (Wildman–Crippen MR) is 92.2 cm³/mol. The van der Waals surface area contributed by atoms with Gasteiger partial charge in [0.2, 0.25) is 0 Å². The molecule has 0 aliphatic rings. The SMILES string of the molecule is CCCNC(CSc1cccc(Cl)c1)c1cnccc1C. The second-order valence-electron chi connectivity index (χ2n) is 5.01. The molecule has 4 heteroatoms. The molecule has 0 spiro atoms. The van der Waals surface area contributed by atoms with Crippen molar-refractivity contribution in [2.75, 3.05) is 12.3 Å². The normalized spacial score (nSPS) is 12.3. The van der Waals surface area contributed by atoms with E-state index in [1.165, 1.54) is 16.0 Å². The van der Waals surface area contributed by atoms with Gasteiger partial charge in [-0.15, -0.1) is 11.8 Å². The van der Waals surface area contributed by atoms with Crippen molar-refractivity contribution < 1.29 is 0 Å². The summed E-state index contributed by atoms with van der Waals surface area (Å²) in [6.45, 7) is 5.33. The Morgan fingerprint density at radius 3 is 2.90 bits per heavy atom. The summed E-state index contributed by atoms with van der Waals surface area (Å²) in [5.41, 5.74) is 2.56. The molecular formula is C17H21ClN2S. The van der Waals surface area contributed by atoms with Crippen molar-refractivity contribution in [3.05, 3.63) is 58.9 Å². The Balaban J connectivity index is 2.08. The lowest BCUT2D eigenvalue weighted by Crippen LogP contribution is -2.25. The summed E-state index contributed by atoms with van der Waals surface area (Å²) in [6, 6.07) is 10.4. The molecule has 0 amide bonds. The standard InChI is InChI=1S/C17H21ClN2S/c1-3-8-20-17(16-11-19-9-7-13(16)2)12-21-15-6-4-5-14(18)10-15/h4-7,9-11,17,20H,3,8,12H2,1-2H3. The molecule has 1 atom stereocenters. The average molecular weight is 321 g/mol. The minimum Gasteiger partial charge on any atom is -0.309 e. The van der Waals surface area contributed by atoms with E-state index in [1.54, 1.807) is 0 Å². The monoisotopic (exact) mass is 320 g/mol. The Morgan fingerprint density at radius 1 is 1.33 bits per heavy atom. The van der Waals surface area contributed by atoms with Gasteiger partial charge in [0.25, 0.3) is 0 Å². The van der Waals surface area contributed by atoms with Crippen LogP contribution in [0, 0.1) is 6.92 Å². The number of hydrogen-bond acceptors (Lipinski definition) is 3. The number of aryl methyl sites for hydroxylation is 1. The molecule has 0 saturated heterocycles. The second kappa shape index (κ2) is 8.42. The summed E-state index contributed by atoms with van der Waals surface area (Å²) in [5.74, 6) is 0.965. The molecule has 112 valence electrons. The quantitative estimate of drug-likeness (QED) is 0.736. The molecule has 1 aromatic heterocycles. The van der Waals surface area contributed by atoms with E-state index >= 15 is 0 Å². The molecule has 0 bridgehead atoms. The lowest BCUT2D eigenvalue weighted by atomic mass is 10.1. The fourth-order valence-corrected chi connectivity index (χ4v) is 3.45. The fraction of sp³-hybridized carbons (Fsp3) is 0.353. The number of nitrogens with one attached hydrogen (secondary N) is 1. The molecule has 1 N–H and O–H groups in total. The Morgan fingerprint density at radius 2 is 2.19 bits per heavy atom. The van der Waals surface area contributed by atoms with Gasteiger partial charge in [-0.25, -0.2) is 0 Å². The van der Waals surface area contributed by atoms with Crippen molar-refractivity contribution in [2.45, 2.75) is 31.2 Å². The van der Waals surface area contributed by atoms with E-state index in [4.69, 9.17) is 11.6 Å². The maximum Gasteiger partial charge on any atom is 0.0433 e. The van der Waals surface area contributed by atoms with Crippen LogP contribution in [0.2, 0.25) is 5.02 Å². The molecule has 1 aromatic carbocycles. The number of hydrogen-bond donors (Lipinski definition) is 1. The lowest BCUT2D eigenvalue weighted by molar-refractivity contribution is 0.573. The summed E-state index contributed by atoms with van der Waals surface area (Å²) in [4.78, 5) is 5.47. The van der Waals surface area contributed by atoms with Crippen LogP contribution in [0.5, 0.6) is 0 Å². The fourth-order valence-electron chi connectivity index (χ4n) is 2.15. The highest BCUT2D eigenvalue weighted by Gasteiger charge is 2.13. The maximum atomic E-state index is 6.05. The zero-order valence-electron chi connectivity index (χ0n) is 12.5. The molecular weight excluding hydrogens is 300 g/mol. The van der Waals surface area contributed by atoms with Crippen molar-refractivity contribution >= 4 is 23.4 Å².